The second kappa shape index (κ2) is 2.94. The monoisotopic (exact) mass is 181 g/mol. The summed E-state index contributed by atoms with van der Waals surface area (Å²) in [7, 11) is 0. The number of hydrogen-bond acceptors (Lipinski definition) is 3. The first kappa shape index (κ1) is 8.41. The number of carbonyl (C=O) groups excluding carboxylic acids is 3. The van der Waals surface area contributed by atoms with Crippen LogP contribution >= 0.6 is 0 Å². The maximum absolute atomic E-state index is 11.3. The molecule has 1 heterocycles. The summed E-state index contributed by atoms with van der Waals surface area (Å²) in [5, 5.41) is 0. The minimum absolute atomic E-state index is 0.0450. The van der Waals surface area contributed by atoms with E-state index in [2.05, 4.69) is 0 Å². The summed E-state index contributed by atoms with van der Waals surface area (Å²) in [5.74, 6) is -0.306. The number of carbonyl (C=O) groups is 3. The second-order valence-electron chi connectivity index (χ2n) is 3.53. The van der Waals surface area contributed by atoms with Crippen LogP contribution in [-0.2, 0) is 14.4 Å². The van der Waals surface area contributed by atoms with Gasteiger partial charge in [0, 0.05) is 19.3 Å². The van der Waals surface area contributed by atoms with E-state index < -0.39 is 6.04 Å². The van der Waals surface area contributed by atoms with Gasteiger partial charge in [-0.2, -0.15) is 0 Å². The number of hydrogen-bond donors (Lipinski definition) is 0. The quantitative estimate of drug-likeness (QED) is 0.545. The lowest BCUT2D eigenvalue weighted by Crippen LogP contribution is -2.41. The van der Waals surface area contributed by atoms with E-state index in [4.69, 9.17) is 0 Å². The highest BCUT2D eigenvalue weighted by Gasteiger charge is 2.40. The third-order valence-electron chi connectivity index (χ3n) is 2.67. The summed E-state index contributed by atoms with van der Waals surface area (Å²) in [6, 6.07) is -0.428. The SMILES string of the molecule is O=C1CCCC1N1C(=O)CCC1=O. The molecular weight excluding hydrogens is 170 g/mol. The number of rotatable bonds is 1. The first-order valence-corrected chi connectivity index (χ1v) is 4.58. The molecule has 1 atom stereocenters. The lowest BCUT2D eigenvalue weighted by Gasteiger charge is -2.19. The zero-order valence-electron chi connectivity index (χ0n) is 7.28. The zero-order valence-corrected chi connectivity index (χ0v) is 7.28. The Morgan fingerprint density at radius 3 is 2.08 bits per heavy atom. The summed E-state index contributed by atoms with van der Waals surface area (Å²) in [6.07, 6.45) is 2.55. The largest absolute Gasteiger partial charge is 0.297 e. The van der Waals surface area contributed by atoms with Crippen LogP contribution in [0.5, 0.6) is 0 Å². The van der Waals surface area contributed by atoms with E-state index in [0.717, 1.165) is 6.42 Å². The molecule has 4 nitrogen and oxygen atoms in total. The maximum Gasteiger partial charge on any atom is 0.230 e. The van der Waals surface area contributed by atoms with Crippen molar-refractivity contribution < 1.29 is 14.4 Å². The highest BCUT2D eigenvalue weighted by molar-refractivity contribution is 6.06. The molecule has 2 rings (SSSR count). The standard InChI is InChI=1S/C9H11NO3/c11-7-3-1-2-6(7)10-8(12)4-5-9(10)13/h6H,1-5H2. The van der Waals surface area contributed by atoms with Crippen molar-refractivity contribution in [1.29, 1.82) is 0 Å². The van der Waals surface area contributed by atoms with Crippen molar-refractivity contribution in [3.05, 3.63) is 0 Å². The van der Waals surface area contributed by atoms with Crippen molar-refractivity contribution in [2.75, 3.05) is 0 Å². The lowest BCUT2D eigenvalue weighted by molar-refractivity contribution is -0.144. The molecule has 2 amide bonds. The van der Waals surface area contributed by atoms with Crippen molar-refractivity contribution >= 4 is 17.6 Å². The molecule has 2 fully saturated rings. The van der Waals surface area contributed by atoms with Crippen LogP contribution in [0.1, 0.15) is 32.1 Å². The highest BCUT2D eigenvalue weighted by atomic mass is 16.2. The number of amides is 2. The van der Waals surface area contributed by atoms with Crippen LogP contribution in [0.25, 0.3) is 0 Å². The third-order valence-corrected chi connectivity index (χ3v) is 2.67. The molecule has 1 saturated heterocycles. The fourth-order valence-electron chi connectivity index (χ4n) is 2.01. The van der Waals surface area contributed by atoms with E-state index in [9.17, 15) is 14.4 Å². The van der Waals surface area contributed by atoms with E-state index in [1.165, 1.54) is 4.90 Å². The Balaban J connectivity index is 2.19. The lowest BCUT2D eigenvalue weighted by atomic mass is 10.2. The topological polar surface area (TPSA) is 54.5 Å². The van der Waals surface area contributed by atoms with E-state index in [-0.39, 0.29) is 30.4 Å². The molecule has 4 heteroatoms. The maximum atomic E-state index is 11.3. The van der Waals surface area contributed by atoms with Crippen molar-refractivity contribution in [2.45, 2.75) is 38.1 Å². The second-order valence-corrected chi connectivity index (χ2v) is 3.53. The van der Waals surface area contributed by atoms with E-state index >= 15 is 0 Å². The number of likely N-dealkylation sites (tertiary alicyclic amines) is 1. The van der Waals surface area contributed by atoms with Crippen molar-refractivity contribution in [2.24, 2.45) is 0 Å². The average molecular weight is 181 g/mol. The van der Waals surface area contributed by atoms with Crippen LogP contribution < -0.4 is 0 Å². The van der Waals surface area contributed by atoms with Crippen molar-refractivity contribution in [1.82, 2.24) is 4.90 Å². The van der Waals surface area contributed by atoms with E-state index in [0.29, 0.717) is 12.8 Å². The van der Waals surface area contributed by atoms with Gasteiger partial charge in [-0.05, 0) is 12.8 Å². The van der Waals surface area contributed by atoms with Gasteiger partial charge in [0.25, 0.3) is 0 Å². The van der Waals surface area contributed by atoms with Crippen LogP contribution in [0.4, 0.5) is 0 Å². The molecule has 0 bridgehead atoms. The molecule has 0 spiro atoms. The summed E-state index contributed by atoms with van der Waals surface area (Å²) >= 11 is 0. The molecule has 0 radical (unpaired) electrons. The van der Waals surface area contributed by atoms with Gasteiger partial charge in [-0.15, -0.1) is 0 Å². The normalized spacial score (nSPS) is 29.1. The zero-order chi connectivity index (χ0) is 9.42. The fraction of sp³-hybridized carbons (Fsp3) is 0.667. The van der Waals surface area contributed by atoms with Gasteiger partial charge >= 0.3 is 0 Å². The van der Waals surface area contributed by atoms with Crippen LogP contribution in [0, 0.1) is 0 Å². The van der Waals surface area contributed by atoms with Gasteiger partial charge in [-0.1, -0.05) is 0 Å². The van der Waals surface area contributed by atoms with Crippen LogP contribution in [0.3, 0.4) is 0 Å². The Bertz CT molecular complexity index is 269. The molecule has 0 N–H and O–H groups in total. The van der Waals surface area contributed by atoms with Crippen LogP contribution in [-0.4, -0.2) is 28.5 Å². The summed E-state index contributed by atoms with van der Waals surface area (Å²) < 4.78 is 0. The molecule has 0 aromatic carbocycles. The molecule has 0 aromatic heterocycles. The van der Waals surface area contributed by atoms with E-state index in [1.54, 1.807) is 0 Å². The van der Waals surface area contributed by atoms with Gasteiger partial charge < -0.3 is 0 Å². The summed E-state index contributed by atoms with van der Waals surface area (Å²) in [5.41, 5.74) is 0. The Kier molecular flexibility index (Phi) is 1.90. The fourth-order valence-corrected chi connectivity index (χ4v) is 2.01. The van der Waals surface area contributed by atoms with Gasteiger partial charge in [-0.3, -0.25) is 19.3 Å². The smallest absolute Gasteiger partial charge is 0.230 e. The summed E-state index contributed by atoms with van der Waals surface area (Å²) in [4.78, 5) is 35.0. The van der Waals surface area contributed by atoms with Gasteiger partial charge in [0.1, 0.15) is 0 Å². The Morgan fingerprint density at radius 1 is 1.00 bits per heavy atom. The van der Waals surface area contributed by atoms with Gasteiger partial charge in [0.15, 0.2) is 5.78 Å². The molecule has 2 aliphatic rings. The summed E-state index contributed by atoms with van der Waals surface area (Å²) in [6.45, 7) is 0. The molecule has 0 aromatic rings. The molecule has 1 unspecified atom stereocenters. The number of nitrogens with zero attached hydrogens (tertiary/aromatic N) is 1. The number of ketones is 1. The molecular formula is C9H11NO3. The minimum atomic E-state index is -0.428. The first-order valence-electron chi connectivity index (χ1n) is 4.58. The molecule has 1 aliphatic carbocycles. The van der Waals surface area contributed by atoms with Crippen LogP contribution in [0.2, 0.25) is 0 Å². The molecule has 1 aliphatic heterocycles. The van der Waals surface area contributed by atoms with Gasteiger partial charge in [0.05, 0.1) is 6.04 Å². The predicted molar refractivity (Wildman–Crippen MR) is 43.7 cm³/mol. The third kappa shape index (κ3) is 1.26. The Morgan fingerprint density at radius 2 is 1.62 bits per heavy atom. The van der Waals surface area contributed by atoms with Gasteiger partial charge in [-0.25, -0.2) is 0 Å². The first-order chi connectivity index (χ1) is 6.20. The minimum Gasteiger partial charge on any atom is -0.297 e. The predicted octanol–water partition coefficient (Wildman–Crippen LogP) is 0.257. The Hall–Kier alpha value is -1.19. The van der Waals surface area contributed by atoms with Crippen molar-refractivity contribution in [3.8, 4) is 0 Å². The van der Waals surface area contributed by atoms with E-state index in [1.807, 2.05) is 0 Å². The Labute approximate surface area is 75.9 Å². The molecule has 13 heavy (non-hydrogen) atoms. The van der Waals surface area contributed by atoms with Crippen LogP contribution in [0.15, 0.2) is 0 Å². The number of imide groups is 1. The van der Waals surface area contributed by atoms with Gasteiger partial charge in [0.2, 0.25) is 11.8 Å². The average Bonchev–Trinajstić information content (AvgIpc) is 2.60. The number of Topliss-reactive ketones (excluding diaryl/α,β-unsaturated/α-hetero) is 1. The molecule has 70 valence electrons. The highest BCUT2D eigenvalue weighted by Crippen LogP contribution is 2.25. The molecule has 1 saturated carbocycles. The van der Waals surface area contributed by atoms with Crippen molar-refractivity contribution in [3.63, 3.8) is 0 Å².